The van der Waals surface area contributed by atoms with Gasteiger partial charge in [-0.05, 0) is 33.1 Å². The van der Waals surface area contributed by atoms with E-state index in [1.807, 2.05) is 26.0 Å². The maximum Gasteiger partial charge on any atom is 0.175 e. The van der Waals surface area contributed by atoms with Gasteiger partial charge < -0.3 is 14.7 Å². The number of hydrogen-bond acceptors (Lipinski definition) is 6. The minimum absolute atomic E-state index is 0.671. The molecule has 1 aliphatic rings. The van der Waals surface area contributed by atoms with E-state index in [0.29, 0.717) is 5.82 Å². The molecule has 2 aromatic heterocycles. The SMILES string of the molecule is Cc1nc(Nc2cc(C)on2)cc(N2CCCCC2)n1. The second-order valence-electron chi connectivity index (χ2n) is 5.15. The lowest BCUT2D eigenvalue weighted by molar-refractivity contribution is 0.400. The van der Waals surface area contributed by atoms with Gasteiger partial charge in [-0.2, -0.15) is 0 Å². The highest BCUT2D eigenvalue weighted by atomic mass is 16.5. The second-order valence-corrected chi connectivity index (χ2v) is 5.15. The molecule has 0 bridgehead atoms. The number of nitrogens with one attached hydrogen (secondary N) is 1. The Kier molecular flexibility index (Phi) is 3.54. The summed E-state index contributed by atoms with van der Waals surface area (Å²) >= 11 is 0. The number of aryl methyl sites for hydroxylation is 2. The van der Waals surface area contributed by atoms with Crippen molar-refractivity contribution in [1.29, 1.82) is 0 Å². The molecular formula is C14H19N5O. The lowest BCUT2D eigenvalue weighted by atomic mass is 10.1. The van der Waals surface area contributed by atoms with Crippen LogP contribution in [0.4, 0.5) is 17.5 Å². The summed E-state index contributed by atoms with van der Waals surface area (Å²) in [6.45, 7) is 5.91. The predicted octanol–water partition coefficient (Wildman–Crippen LogP) is 2.82. The average Bonchev–Trinajstić information content (AvgIpc) is 2.84. The molecule has 0 spiro atoms. The molecule has 6 heteroatoms. The number of nitrogens with zero attached hydrogens (tertiary/aromatic N) is 4. The van der Waals surface area contributed by atoms with Gasteiger partial charge in [0, 0.05) is 25.2 Å². The molecule has 106 valence electrons. The lowest BCUT2D eigenvalue weighted by Gasteiger charge is -2.28. The molecule has 1 aliphatic heterocycles. The van der Waals surface area contributed by atoms with Crippen LogP contribution in [0.3, 0.4) is 0 Å². The monoisotopic (exact) mass is 273 g/mol. The van der Waals surface area contributed by atoms with Crippen LogP contribution in [0.2, 0.25) is 0 Å². The predicted molar refractivity (Wildman–Crippen MR) is 77.4 cm³/mol. The molecule has 1 fully saturated rings. The van der Waals surface area contributed by atoms with Crippen LogP contribution in [-0.4, -0.2) is 28.2 Å². The fourth-order valence-electron chi connectivity index (χ4n) is 2.46. The zero-order valence-corrected chi connectivity index (χ0v) is 11.9. The summed E-state index contributed by atoms with van der Waals surface area (Å²) in [5.74, 6) is 3.95. The summed E-state index contributed by atoms with van der Waals surface area (Å²) in [4.78, 5) is 11.3. The Morgan fingerprint density at radius 1 is 1.05 bits per heavy atom. The lowest BCUT2D eigenvalue weighted by Crippen LogP contribution is -2.30. The van der Waals surface area contributed by atoms with Crippen molar-refractivity contribution < 1.29 is 4.52 Å². The number of aromatic nitrogens is 3. The summed E-state index contributed by atoms with van der Waals surface area (Å²) in [6, 6.07) is 3.82. The quantitative estimate of drug-likeness (QED) is 0.927. The van der Waals surface area contributed by atoms with Gasteiger partial charge in [0.1, 0.15) is 23.2 Å². The van der Waals surface area contributed by atoms with Gasteiger partial charge in [0.25, 0.3) is 0 Å². The Morgan fingerprint density at radius 2 is 1.85 bits per heavy atom. The van der Waals surface area contributed by atoms with E-state index in [-0.39, 0.29) is 0 Å². The molecule has 0 aliphatic carbocycles. The van der Waals surface area contributed by atoms with Crippen molar-refractivity contribution in [3.8, 4) is 0 Å². The third-order valence-corrected chi connectivity index (χ3v) is 3.39. The summed E-state index contributed by atoms with van der Waals surface area (Å²) < 4.78 is 5.05. The van der Waals surface area contributed by atoms with E-state index in [2.05, 4.69) is 25.3 Å². The Labute approximate surface area is 118 Å². The van der Waals surface area contributed by atoms with Crippen LogP contribution in [0.5, 0.6) is 0 Å². The first-order valence-corrected chi connectivity index (χ1v) is 7.02. The minimum Gasteiger partial charge on any atom is -0.360 e. The zero-order chi connectivity index (χ0) is 13.9. The molecule has 0 aromatic carbocycles. The van der Waals surface area contributed by atoms with E-state index >= 15 is 0 Å². The van der Waals surface area contributed by atoms with Gasteiger partial charge in [-0.15, -0.1) is 0 Å². The maximum absolute atomic E-state index is 5.05. The van der Waals surface area contributed by atoms with Crippen LogP contribution in [0, 0.1) is 13.8 Å². The van der Waals surface area contributed by atoms with Crippen molar-refractivity contribution in [2.75, 3.05) is 23.3 Å². The van der Waals surface area contributed by atoms with Crippen LogP contribution in [0.15, 0.2) is 16.7 Å². The summed E-state index contributed by atoms with van der Waals surface area (Å²) in [5.41, 5.74) is 0. The molecule has 3 rings (SSSR count). The van der Waals surface area contributed by atoms with Crippen molar-refractivity contribution in [3.63, 3.8) is 0 Å². The van der Waals surface area contributed by atoms with E-state index in [4.69, 9.17) is 4.52 Å². The largest absolute Gasteiger partial charge is 0.360 e. The molecule has 0 saturated carbocycles. The van der Waals surface area contributed by atoms with Crippen molar-refractivity contribution in [1.82, 2.24) is 15.1 Å². The van der Waals surface area contributed by atoms with Gasteiger partial charge in [-0.3, -0.25) is 0 Å². The molecule has 0 amide bonds. The highest BCUT2D eigenvalue weighted by Gasteiger charge is 2.14. The van der Waals surface area contributed by atoms with Crippen molar-refractivity contribution >= 4 is 17.5 Å². The summed E-state index contributed by atoms with van der Waals surface area (Å²) in [7, 11) is 0. The molecule has 2 aromatic rings. The molecule has 3 heterocycles. The van der Waals surface area contributed by atoms with Crippen LogP contribution in [0.1, 0.15) is 30.8 Å². The third-order valence-electron chi connectivity index (χ3n) is 3.39. The first kappa shape index (κ1) is 12.9. The molecule has 0 atom stereocenters. The van der Waals surface area contributed by atoms with Crippen molar-refractivity contribution in [2.45, 2.75) is 33.1 Å². The van der Waals surface area contributed by atoms with E-state index in [9.17, 15) is 0 Å². The van der Waals surface area contributed by atoms with Crippen molar-refractivity contribution in [2.24, 2.45) is 0 Å². The number of hydrogen-bond donors (Lipinski definition) is 1. The van der Waals surface area contributed by atoms with Gasteiger partial charge in [0.05, 0.1) is 0 Å². The van der Waals surface area contributed by atoms with E-state index in [0.717, 1.165) is 36.3 Å². The third kappa shape index (κ3) is 2.89. The van der Waals surface area contributed by atoms with Crippen LogP contribution < -0.4 is 10.2 Å². The van der Waals surface area contributed by atoms with Gasteiger partial charge >= 0.3 is 0 Å². The summed E-state index contributed by atoms with van der Waals surface area (Å²) in [6.07, 6.45) is 3.77. The molecule has 1 saturated heterocycles. The van der Waals surface area contributed by atoms with Gasteiger partial charge in [0.2, 0.25) is 0 Å². The highest BCUT2D eigenvalue weighted by molar-refractivity contribution is 5.56. The Hall–Kier alpha value is -2.11. The smallest absolute Gasteiger partial charge is 0.175 e. The maximum atomic E-state index is 5.05. The van der Waals surface area contributed by atoms with Gasteiger partial charge in [-0.1, -0.05) is 5.16 Å². The van der Waals surface area contributed by atoms with Crippen LogP contribution >= 0.6 is 0 Å². The zero-order valence-electron chi connectivity index (χ0n) is 11.9. The standard InChI is InChI=1S/C14H19N5O/c1-10-8-13(18-20-10)17-12-9-14(16-11(2)15-12)19-6-4-3-5-7-19/h8-9H,3-7H2,1-2H3,(H,15,16,17,18). The Morgan fingerprint density at radius 3 is 2.55 bits per heavy atom. The minimum atomic E-state index is 0.671. The molecule has 1 N–H and O–H groups in total. The van der Waals surface area contributed by atoms with Gasteiger partial charge in [-0.25, -0.2) is 9.97 Å². The fraction of sp³-hybridized carbons (Fsp3) is 0.500. The van der Waals surface area contributed by atoms with E-state index < -0.39 is 0 Å². The molecule has 20 heavy (non-hydrogen) atoms. The molecule has 0 unspecified atom stereocenters. The van der Waals surface area contributed by atoms with E-state index in [1.54, 1.807) is 0 Å². The van der Waals surface area contributed by atoms with Crippen LogP contribution in [0.25, 0.3) is 0 Å². The molecular weight excluding hydrogens is 254 g/mol. The average molecular weight is 273 g/mol. The molecule has 0 radical (unpaired) electrons. The van der Waals surface area contributed by atoms with E-state index in [1.165, 1.54) is 19.3 Å². The Bertz CT molecular complexity index is 589. The Balaban J connectivity index is 1.82. The topological polar surface area (TPSA) is 67.1 Å². The first-order valence-electron chi connectivity index (χ1n) is 7.02. The van der Waals surface area contributed by atoms with Crippen molar-refractivity contribution in [3.05, 3.63) is 23.7 Å². The number of rotatable bonds is 3. The molecule has 6 nitrogen and oxygen atoms in total. The normalized spacial score (nSPS) is 15.4. The first-order chi connectivity index (χ1) is 9.70. The van der Waals surface area contributed by atoms with Gasteiger partial charge in [0.15, 0.2) is 5.82 Å². The summed E-state index contributed by atoms with van der Waals surface area (Å²) in [5, 5.41) is 7.09. The highest BCUT2D eigenvalue weighted by Crippen LogP contribution is 2.22. The number of piperidine rings is 1. The second kappa shape index (κ2) is 5.48. The number of anilines is 3. The fourth-order valence-corrected chi connectivity index (χ4v) is 2.46. The van der Waals surface area contributed by atoms with Crippen LogP contribution in [-0.2, 0) is 0 Å².